The second-order valence-electron chi connectivity index (χ2n) is 7.08. The number of halogens is 4. The number of alkyl halides is 3. The van der Waals surface area contributed by atoms with Crippen molar-refractivity contribution in [1.29, 1.82) is 0 Å². The molecule has 0 heterocycles. The molecule has 0 radical (unpaired) electrons. The molecule has 0 aliphatic heterocycles. The van der Waals surface area contributed by atoms with E-state index in [1.807, 2.05) is 11.9 Å². The van der Waals surface area contributed by atoms with Crippen LogP contribution in [0.15, 0.2) is 29.3 Å². The third-order valence-corrected chi connectivity index (χ3v) is 5.36. The van der Waals surface area contributed by atoms with Crippen LogP contribution >= 0.6 is 24.0 Å². The van der Waals surface area contributed by atoms with Gasteiger partial charge in [0.05, 0.1) is 12.1 Å². The molecule has 0 amide bonds. The molecule has 0 bridgehead atoms. The van der Waals surface area contributed by atoms with Gasteiger partial charge in [0, 0.05) is 18.5 Å². The fourth-order valence-electron chi connectivity index (χ4n) is 3.61. The molecule has 140 valence electrons. The first-order valence-corrected chi connectivity index (χ1v) is 8.52. The zero-order valence-corrected chi connectivity index (χ0v) is 16.7. The Morgan fingerprint density at radius 2 is 1.92 bits per heavy atom. The quantitative estimate of drug-likeness (QED) is 0.401. The molecule has 0 unspecified atom stereocenters. The molecule has 2 aliphatic carbocycles. The normalized spacial score (nSPS) is 20.2. The Morgan fingerprint density at radius 3 is 2.48 bits per heavy atom. The van der Waals surface area contributed by atoms with Crippen molar-refractivity contribution in [3.8, 4) is 0 Å². The third-order valence-electron chi connectivity index (χ3n) is 5.36. The number of hydrogen-bond donors (Lipinski definition) is 1. The Kier molecular flexibility index (Phi) is 6.27. The van der Waals surface area contributed by atoms with Crippen molar-refractivity contribution in [3.63, 3.8) is 0 Å². The molecule has 0 saturated heterocycles. The fraction of sp³-hybridized carbons (Fsp3) is 0.611. The number of hydrogen-bond acceptors (Lipinski definition) is 1. The van der Waals surface area contributed by atoms with E-state index in [9.17, 15) is 13.2 Å². The molecule has 2 fully saturated rings. The fourth-order valence-corrected chi connectivity index (χ4v) is 3.61. The number of guanidine groups is 1. The number of nitrogens with zero attached hydrogens (tertiary/aromatic N) is 2. The zero-order valence-electron chi connectivity index (χ0n) is 14.4. The summed E-state index contributed by atoms with van der Waals surface area (Å²) >= 11 is 0. The summed E-state index contributed by atoms with van der Waals surface area (Å²) in [5.41, 5.74) is 5.90. The standard InChI is InChI=1S/C18H24F3N3.HI/c1-24(15-7-8-15)16(22)23-12-17(9-2-3-10-17)13-5-4-6-14(11-13)18(19,20)21;/h4-6,11,15H,2-3,7-10,12H2,1H3,(H2,22,23);1H. The molecule has 2 N–H and O–H groups in total. The van der Waals surface area contributed by atoms with Gasteiger partial charge in [0.1, 0.15) is 0 Å². The number of benzene rings is 1. The Bertz CT molecular complexity index is 620. The van der Waals surface area contributed by atoms with Crippen LogP contribution in [-0.2, 0) is 11.6 Å². The van der Waals surface area contributed by atoms with Crippen LogP contribution < -0.4 is 5.73 Å². The maximum Gasteiger partial charge on any atom is 0.416 e. The van der Waals surface area contributed by atoms with E-state index in [0.717, 1.165) is 50.2 Å². The predicted octanol–water partition coefficient (Wildman–Crippen LogP) is 4.54. The molecule has 3 rings (SSSR count). The number of aliphatic imine (C=N–C) groups is 1. The van der Waals surface area contributed by atoms with E-state index in [1.165, 1.54) is 12.1 Å². The number of nitrogens with two attached hydrogens (primary N) is 1. The molecule has 2 aliphatic rings. The highest BCUT2D eigenvalue weighted by atomic mass is 127. The molecule has 0 spiro atoms. The predicted molar refractivity (Wildman–Crippen MR) is 104 cm³/mol. The lowest BCUT2D eigenvalue weighted by molar-refractivity contribution is -0.137. The van der Waals surface area contributed by atoms with Gasteiger partial charge in [-0.1, -0.05) is 31.0 Å². The highest BCUT2D eigenvalue weighted by Crippen LogP contribution is 2.43. The second-order valence-corrected chi connectivity index (χ2v) is 7.08. The van der Waals surface area contributed by atoms with E-state index >= 15 is 0 Å². The summed E-state index contributed by atoms with van der Waals surface area (Å²) < 4.78 is 39.1. The lowest BCUT2D eigenvalue weighted by Gasteiger charge is -2.29. The monoisotopic (exact) mass is 467 g/mol. The minimum Gasteiger partial charge on any atom is -0.370 e. The van der Waals surface area contributed by atoms with Gasteiger partial charge in [-0.05, 0) is 37.3 Å². The van der Waals surface area contributed by atoms with Crippen LogP contribution in [0.5, 0.6) is 0 Å². The minimum absolute atomic E-state index is 0. The Labute approximate surface area is 163 Å². The molecule has 1 aromatic rings. The topological polar surface area (TPSA) is 41.6 Å². The SMILES string of the molecule is CN(C(N)=NCC1(c2cccc(C(F)(F)F)c2)CCCC1)C1CC1.I. The van der Waals surface area contributed by atoms with Crippen LogP contribution in [0.4, 0.5) is 13.2 Å². The van der Waals surface area contributed by atoms with Gasteiger partial charge in [-0.25, -0.2) is 0 Å². The average Bonchev–Trinajstić information content (AvgIpc) is 3.29. The summed E-state index contributed by atoms with van der Waals surface area (Å²) in [7, 11) is 1.93. The van der Waals surface area contributed by atoms with Crippen LogP contribution in [0.3, 0.4) is 0 Å². The highest BCUT2D eigenvalue weighted by molar-refractivity contribution is 14.0. The first-order chi connectivity index (χ1) is 11.3. The zero-order chi connectivity index (χ0) is 17.4. The van der Waals surface area contributed by atoms with Gasteiger partial charge >= 0.3 is 6.18 Å². The van der Waals surface area contributed by atoms with Crippen molar-refractivity contribution in [1.82, 2.24) is 4.90 Å². The van der Waals surface area contributed by atoms with Crippen molar-refractivity contribution in [2.75, 3.05) is 13.6 Å². The van der Waals surface area contributed by atoms with Crippen molar-refractivity contribution in [3.05, 3.63) is 35.4 Å². The van der Waals surface area contributed by atoms with Crippen molar-refractivity contribution in [2.24, 2.45) is 10.7 Å². The Hall–Kier alpha value is -0.990. The van der Waals surface area contributed by atoms with E-state index in [1.54, 1.807) is 6.07 Å². The Balaban J connectivity index is 0.00000225. The van der Waals surface area contributed by atoms with Crippen LogP contribution in [-0.4, -0.2) is 30.5 Å². The lowest BCUT2D eigenvalue weighted by Crippen LogP contribution is -2.37. The van der Waals surface area contributed by atoms with Crippen LogP contribution in [0, 0.1) is 0 Å². The molecule has 3 nitrogen and oxygen atoms in total. The van der Waals surface area contributed by atoms with Gasteiger partial charge in [-0.3, -0.25) is 4.99 Å². The van der Waals surface area contributed by atoms with Crippen molar-refractivity contribution >= 4 is 29.9 Å². The van der Waals surface area contributed by atoms with E-state index < -0.39 is 11.7 Å². The Morgan fingerprint density at radius 1 is 1.28 bits per heavy atom. The van der Waals surface area contributed by atoms with E-state index in [2.05, 4.69) is 4.99 Å². The first-order valence-electron chi connectivity index (χ1n) is 8.52. The lowest BCUT2D eigenvalue weighted by atomic mass is 9.78. The molecular weight excluding hydrogens is 442 g/mol. The smallest absolute Gasteiger partial charge is 0.370 e. The average molecular weight is 467 g/mol. The first kappa shape index (κ1) is 20.3. The largest absolute Gasteiger partial charge is 0.416 e. The minimum atomic E-state index is -4.32. The van der Waals surface area contributed by atoms with E-state index in [4.69, 9.17) is 5.73 Å². The summed E-state index contributed by atoms with van der Waals surface area (Å²) in [5, 5.41) is 0. The molecule has 25 heavy (non-hydrogen) atoms. The molecule has 0 aromatic heterocycles. The second kappa shape index (κ2) is 7.72. The van der Waals surface area contributed by atoms with Gasteiger partial charge in [0.2, 0.25) is 0 Å². The van der Waals surface area contributed by atoms with Crippen molar-refractivity contribution in [2.45, 2.75) is 56.2 Å². The summed E-state index contributed by atoms with van der Waals surface area (Å²) in [6.07, 6.45) is 1.70. The molecule has 2 saturated carbocycles. The van der Waals surface area contributed by atoms with Crippen LogP contribution in [0.2, 0.25) is 0 Å². The molecule has 1 aromatic carbocycles. The van der Waals surface area contributed by atoms with Gasteiger partial charge in [-0.15, -0.1) is 24.0 Å². The molecule has 7 heteroatoms. The van der Waals surface area contributed by atoms with E-state index in [-0.39, 0.29) is 29.4 Å². The van der Waals surface area contributed by atoms with Gasteiger partial charge < -0.3 is 10.6 Å². The van der Waals surface area contributed by atoms with Crippen LogP contribution in [0.1, 0.15) is 49.7 Å². The van der Waals surface area contributed by atoms with E-state index in [0.29, 0.717) is 18.5 Å². The summed E-state index contributed by atoms with van der Waals surface area (Å²) in [4.78, 5) is 6.53. The van der Waals surface area contributed by atoms with Crippen LogP contribution in [0.25, 0.3) is 0 Å². The summed E-state index contributed by atoms with van der Waals surface area (Å²) in [6, 6.07) is 6.20. The van der Waals surface area contributed by atoms with Gasteiger partial charge in [0.25, 0.3) is 0 Å². The summed E-state index contributed by atoms with van der Waals surface area (Å²) in [6.45, 7) is 0.456. The summed E-state index contributed by atoms with van der Waals surface area (Å²) in [5.74, 6) is 0.496. The maximum absolute atomic E-state index is 13.0. The van der Waals surface area contributed by atoms with Gasteiger partial charge in [-0.2, -0.15) is 13.2 Å². The molecular formula is C18H25F3IN3. The third kappa shape index (κ3) is 4.60. The maximum atomic E-state index is 13.0. The van der Waals surface area contributed by atoms with Crippen molar-refractivity contribution < 1.29 is 13.2 Å². The van der Waals surface area contributed by atoms with Gasteiger partial charge in [0.15, 0.2) is 5.96 Å². The number of rotatable bonds is 4. The highest BCUT2D eigenvalue weighted by Gasteiger charge is 2.38. The molecule has 0 atom stereocenters.